The van der Waals surface area contributed by atoms with E-state index in [4.69, 9.17) is 0 Å². The Kier molecular flexibility index (Phi) is 5.24. The Morgan fingerprint density at radius 2 is 2.11 bits per heavy atom. The molecule has 0 spiro atoms. The molecule has 1 aliphatic heterocycles. The van der Waals surface area contributed by atoms with Crippen molar-refractivity contribution in [2.24, 2.45) is 5.41 Å². The number of anilines is 1. The Bertz CT molecular complexity index is 452. The van der Waals surface area contributed by atoms with Gasteiger partial charge in [-0.05, 0) is 42.0 Å². The maximum Gasteiger partial charge on any atom is 0.251 e. The van der Waals surface area contributed by atoms with Gasteiger partial charge in [0.2, 0.25) is 0 Å². The summed E-state index contributed by atoms with van der Waals surface area (Å²) in [4.78, 5) is 12.0. The van der Waals surface area contributed by atoms with Gasteiger partial charge in [0.25, 0.3) is 5.91 Å². The highest BCUT2D eigenvalue weighted by Gasteiger charge is 2.14. The summed E-state index contributed by atoms with van der Waals surface area (Å²) < 4.78 is 0. The number of benzene rings is 1. The highest BCUT2D eigenvalue weighted by molar-refractivity contribution is 5.95. The van der Waals surface area contributed by atoms with E-state index in [1.54, 1.807) is 0 Å². The summed E-state index contributed by atoms with van der Waals surface area (Å²) >= 11 is 0. The average molecular weight is 283 g/mol. The number of carbonyl (C=O) groups is 1. The van der Waals surface area contributed by atoms with Gasteiger partial charge in [0.15, 0.2) is 0 Å². The van der Waals surface area contributed by atoms with Crippen molar-refractivity contribution < 1.29 is 4.79 Å². The molecule has 0 unspecified atom stereocenters. The molecule has 0 aliphatic carbocycles. The molecule has 1 amide bonds. The Balaban J connectivity index is 0.00000180. The van der Waals surface area contributed by atoms with Crippen molar-refractivity contribution >= 4 is 24.0 Å². The fraction of sp³-hybridized carbons (Fsp3) is 0.533. The number of carbonyl (C=O) groups excluding carboxylic acids is 1. The Hall–Kier alpha value is -1.22. The highest BCUT2D eigenvalue weighted by Crippen LogP contribution is 2.23. The minimum atomic E-state index is 0. The predicted molar refractivity (Wildman–Crippen MR) is 82.3 cm³/mol. The third-order valence-corrected chi connectivity index (χ3v) is 3.24. The van der Waals surface area contributed by atoms with E-state index in [2.05, 4.69) is 31.4 Å². The highest BCUT2D eigenvalue weighted by atomic mass is 35.5. The Morgan fingerprint density at radius 3 is 2.79 bits per heavy atom. The molecule has 3 nitrogen and oxygen atoms in total. The number of hydrogen-bond donors (Lipinski definition) is 2. The van der Waals surface area contributed by atoms with Crippen molar-refractivity contribution in [3.8, 4) is 0 Å². The van der Waals surface area contributed by atoms with E-state index in [-0.39, 0.29) is 23.7 Å². The monoisotopic (exact) mass is 282 g/mol. The van der Waals surface area contributed by atoms with Crippen LogP contribution in [0.3, 0.4) is 0 Å². The van der Waals surface area contributed by atoms with Crippen LogP contribution in [0.25, 0.3) is 0 Å². The van der Waals surface area contributed by atoms with E-state index >= 15 is 0 Å². The zero-order valence-electron chi connectivity index (χ0n) is 11.9. The van der Waals surface area contributed by atoms with Crippen molar-refractivity contribution in [3.63, 3.8) is 0 Å². The van der Waals surface area contributed by atoms with Crippen molar-refractivity contribution in [1.82, 2.24) is 5.32 Å². The minimum Gasteiger partial charge on any atom is -0.384 e. The molecule has 19 heavy (non-hydrogen) atoms. The van der Waals surface area contributed by atoms with Crippen molar-refractivity contribution in [1.29, 1.82) is 0 Å². The smallest absolute Gasteiger partial charge is 0.251 e. The fourth-order valence-corrected chi connectivity index (χ4v) is 2.10. The van der Waals surface area contributed by atoms with Gasteiger partial charge >= 0.3 is 0 Å². The van der Waals surface area contributed by atoms with E-state index in [9.17, 15) is 4.79 Å². The normalized spacial score (nSPS) is 13.2. The van der Waals surface area contributed by atoms with Crippen LogP contribution in [0.2, 0.25) is 0 Å². The zero-order chi connectivity index (χ0) is 13.2. The SMILES string of the molecule is CC(C)(C)CCNC(=O)c1ccc2c(c1)CCN2.Cl. The van der Waals surface area contributed by atoms with Crippen LogP contribution < -0.4 is 10.6 Å². The van der Waals surface area contributed by atoms with Crippen LogP contribution in [0.5, 0.6) is 0 Å². The molecule has 1 aromatic rings. The number of rotatable bonds is 3. The van der Waals surface area contributed by atoms with Crippen LogP contribution in [0.15, 0.2) is 18.2 Å². The molecule has 0 saturated carbocycles. The zero-order valence-corrected chi connectivity index (χ0v) is 12.7. The molecular formula is C15H23ClN2O. The lowest BCUT2D eigenvalue weighted by atomic mass is 9.92. The number of hydrogen-bond acceptors (Lipinski definition) is 2. The molecule has 0 bridgehead atoms. The van der Waals surface area contributed by atoms with Crippen molar-refractivity contribution in [2.45, 2.75) is 33.6 Å². The summed E-state index contributed by atoms with van der Waals surface area (Å²) in [5.74, 6) is 0.0361. The molecule has 0 saturated heterocycles. The average Bonchev–Trinajstić information content (AvgIpc) is 2.73. The second-order valence-electron chi connectivity index (χ2n) is 6.12. The molecule has 0 fully saturated rings. The lowest BCUT2D eigenvalue weighted by Gasteiger charge is -2.18. The Morgan fingerprint density at radius 1 is 1.37 bits per heavy atom. The van der Waals surface area contributed by atoms with E-state index in [1.807, 2.05) is 18.2 Å². The maximum absolute atomic E-state index is 12.0. The maximum atomic E-state index is 12.0. The molecule has 0 aromatic heterocycles. The molecule has 1 heterocycles. The van der Waals surface area contributed by atoms with Gasteiger partial charge in [0, 0.05) is 24.3 Å². The standard InChI is InChI=1S/C15H22N2O.ClH/c1-15(2,3)7-9-17-14(18)12-4-5-13-11(10-12)6-8-16-13;/h4-5,10,16H,6-9H2,1-3H3,(H,17,18);1H. The van der Waals surface area contributed by atoms with E-state index in [1.165, 1.54) is 11.3 Å². The van der Waals surface area contributed by atoms with Gasteiger partial charge in [-0.2, -0.15) is 0 Å². The van der Waals surface area contributed by atoms with Gasteiger partial charge in [-0.1, -0.05) is 20.8 Å². The molecule has 106 valence electrons. The van der Waals surface area contributed by atoms with Crippen LogP contribution in [-0.2, 0) is 6.42 Å². The first-order valence-electron chi connectivity index (χ1n) is 6.61. The van der Waals surface area contributed by atoms with Gasteiger partial charge in [-0.15, -0.1) is 12.4 Å². The Labute approximate surface area is 121 Å². The summed E-state index contributed by atoms with van der Waals surface area (Å²) in [5, 5.41) is 6.28. The largest absolute Gasteiger partial charge is 0.384 e. The summed E-state index contributed by atoms with van der Waals surface area (Å²) in [7, 11) is 0. The number of halogens is 1. The second kappa shape index (κ2) is 6.29. The van der Waals surface area contributed by atoms with Gasteiger partial charge in [0.1, 0.15) is 0 Å². The minimum absolute atomic E-state index is 0. The number of fused-ring (bicyclic) bond motifs is 1. The fourth-order valence-electron chi connectivity index (χ4n) is 2.10. The number of amides is 1. The first-order valence-corrected chi connectivity index (χ1v) is 6.61. The van der Waals surface area contributed by atoms with Gasteiger partial charge in [-0.25, -0.2) is 0 Å². The lowest BCUT2D eigenvalue weighted by molar-refractivity contribution is 0.0949. The molecule has 1 aliphatic rings. The van der Waals surface area contributed by atoms with Gasteiger partial charge in [-0.3, -0.25) is 4.79 Å². The second-order valence-corrected chi connectivity index (χ2v) is 6.12. The molecular weight excluding hydrogens is 260 g/mol. The summed E-state index contributed by atoms with van der Waals surface area (Å²) in [6, 6.07) is 5.90. The van der Waals surface area contributed by atoms with E-state index in [0.717, 1.165) is 31.5 Å². The molecule has 2 rings (SSSR count). The lowest BCUT2D eigenvalue weighted by Crippen LogP contribution is -2.27. The summed E-state index contributed by atoms with van der Waals surface area (Å²) in [5.41, 5.74) is 3.45. The molecule has 0 radical (unpaired) electrons. The van der Waals surface area contributed by atoms with Crippen molar-refractivity contribution in [3.05, 3.63) is 29.3 Å². The quantitative estimate of drug-likeness (QED) is 0.894. The van der Waals surface area contributed by atoms with Crippen LogP contribution >= 0.6 is 12.4 Å². The number of nitrogens with one attached hydrogen (secondary N) is 2. The topological polar surface area (TPSA) is 41.1 Å². The van der Waals surface area contributed by atoms with Gasteiger partial charge in [0.05, 0.1) is 0 Å². The van der Waals surface area contributed by atoms with E-state index < -0.39 is 0 Å². The third-order valence-electron chi connectivity index (χ3n) is 3.24. The molecule has 1 aromatic carbocycles. The molecule has 4 heteroatoms. The summed E-state index contributed by atoms with van der Waals surface area (Å²) in [6.07, 6.45) is 2.00. The van der Waals surface area contributed by atoms with E-state index in [0.29, 0.717) is 0 Å². The summed E-state index contributed by atoms with van der Waals surface area (Å²) in [6.45, 7) is 8.25. The van der Waals surface area contributed by atoms with Crippen molar-refractivity contribution in [2.75, 3.05) is 18.4 Å². The first kappa shape index (κ1) is 15.8. The predicted octanol–water partition coefficient (Wildman–Crippen LogP) is 3.24. The molecule has 2 N–H and O–H groups in total. The van der Waals surface area contributed by atoms with Crippen LogP contribution in [0.1, 0.15) is 43.1 Å². The van der Waals surface area contributed by atoms with Crippen LogP contribution in [0, 0.1) is 5.41 Å². The van der Waals surface area contributed by atoms with Crippen LogP contribution in [-0.4, -0.2) is 19.0 Å². The molecule has 0 atom stereocenters. The first-order chi connectivity index (χ1) is 8.46. The third kappa shape index (κ3) is 4.43. The van der Waals surface area contributed by atoms with Crippen LogP contribution in [0.4, 0.5) is 5.69 Å². The van der Waals surface area contributed by atoms with Gasteiger partial charge < -0.3 is 10.6 Å².